The Bertz CT molecular complexity index is 6700. The van der Waals surface area contributed by atoms with Crippen LogP contribution in [-0.2, 0) is 46.5 Å². The number of benzene rings is 6. The Morgan fingerprint density at radius 3 is 1.44 bits per heavy atom. The number of halogens is 5. The van der Waals surface area contributed by atoms with Crippen molar-refractivity contribution in [2.24, 2.45) is 10.8 Å². The first-order valence-electron chi connectivity index (χ1n) is 48.1. The molecule has 2 saturated carbocycles. The monoisotopic (exact) mass is 1960 g/mol. The highest BCUT2D eigenvalue weighted by molar-refractivity contribution is 6.27. The predicted molar refractivity (Wildman–Crippen MR) is 513 cm³/mol. The number of ether oxygens (including phenoxy) is 5. The summed E-state index contributed by atoms with van der Waals surface area (Å²) in [5.41, 5.74) is 2.53. The second-order valence-corrected chi connectivity index (χ2v) is 39.5. The Morgan fingerprint density at radius 2 is 0.979 bits per heavy atom. The zero-order valence-electron chi connectivity index (χ0n) is 79.4. The van der Waals surface area contributed by atoms with Gasteiger partial charge in [0.15, 0.2) is 0 Å². The Hall–Kier alpha value is -13.1. The molecule has 10 aliphatic rings. The van der Waals surface area contributed by atoms with E-state index in [-0.39, 0.29) is 96.0 Å². The third kappa shape index (κ3) is 21.5. The van der Waals surface area contributed by atoms with Gasteiger partial charge in [0.05, 0.1) is 130 Å². The van der Waals surface area contributed by atoms with E-state index in [0.717, 1.165) is 79.3 Å². The summed E-state index contributed by atoms with van der Waals surface area (Å²) in [5, 5.41) is 36.3. The molecule has 4 atom stereocenters. The highest BCUT2D eigenvalue weighted by Gasteiger charge is 2.64. The molecule has 4 N–H and O–H groups in total. The van der Waals surface area contributed by atoms with Crippen LogP contribution in [0.5, 0.6) is 11.5 Å². The number of fused-ring (bicyclic) bond motifs is 4. The number of imide groups is 6. The highest BCUT2D eigenvalue weighted by Crippen LogP contribution is 2.56. The number of nitrogens with zero attached hydrogens (tertiary/aromatic N) is 14. The van der Waals surface area contributed by atoms with Gasteiger partial charge in [-0.3, -0.25) is 82.6 Å². The second kappa shape index (κ2) is 41.4. The van der Waals surface area contributed by atoms with Crippen molar-refractivity contribution in [3.63, 3.8) is 0 Å². The number of piperidine rings is 4. The lowest BCUT2D eigenvalue weighted by Crippen LogP contribution is -2.61. The van der Waals surface area contributed by atoms with E-state index < -0.39 is 110 Å². The number of aliphatic hydroxyl groups is 2. The molecule has 12 heterocycles. The second-order valence-electron chi connectivity index (χ2n) is 39.2. The predicted octanol–water partition coefficient (Wildman–Crippen LogP) is 12.8. The van der Waals surface area contributed by atoms with Gasteiger partial charge in [-0.25, -0.2) is 32.3 Å². The van der Waals surface area contributed by atoms with Crippen LogP contribution in [0.4, 0.5) is 22.4 Å². The van der Waals surface area contributed by atoms with E-state index in [9.17, 15) is 53.4 Å². The number of rotatable bonds is 23. The number of carbonyl (C=O) groups excluding carboxylic acids is 9. The highest BCUT2D eigenvalue weighted by atomic mass is 35.5. The van der Waals surface area contributed by atoms with Crippen LogP contribution in [0, 0.1) is 57.8 Å². The van der Waals surface area contributed by atoms with E-state index >= 15 is 17.6 Å². The number of carbonyl (C=O) groups is 9. The molecular formula is C105H109ClF4N16O16. The molecule has 20 rings (SSSR count). The number of aromatic nitrogens is 8. The Balaban J connectivity index is 0.000000151. The summed E-state index contributed by atoms with van der Waals surface area (Å²) in [4.78, 5) is 146. The van der Waals surface area contributed by atoms with Gasteiger partial charge in [-0.1, -0.05) is 60.1 Å². The number of hydrogen-bond acceptors (Lipinski definition) is 26. The molecule has 4 unspecified atom stereocenters. The quantitative estimate of drug-likeness (QED) is 0.0200. The average molecular weight is 1960 g/mol. The fourth-order valence-electron chi connectivity index (χ4n) is 19.6. The lowest BCUT2D eigenvalue weighted by atomic mass is 9.89. The van der Waals surface area contributed by atoms with Gasteiger partial charge in [-0.2, -0.15) is 15.1 Å². The van der Waals surface area contributed by atoms with E-state index in [1.54, 1.807) is 83.7 Å². The van der Waals surface area contributed by atoms with Gasteiger partial charge in [-0.15, -0.1) is 11.6 Å². The number of morpholine rings is 2. The van der Waals surface area contributed by atoms with E-state index in [1.165, 1.54) is 48.5 Å². The fraction of sp³-hybridized carbons (Fsp3) is 0.438. The number of nitrogens with one attached hydrogen (secondary N) is 2. The van der Waals surface area contributed by atoms with Gasteiger partial charge in [0.2, 0.25) is 17.7 Å². The summed E-state index contributed by atoms with van der Waals surface area (Å²) in [7, 11) is 0. The topological polar surface area (TPSA) is 371 Å². The minimum atomic E-state index is -1.35. The van der Waals surface area contributed by atoms with Crippen LogP contribution in [0.25, 0.3) is 66.8 Å². The summed E-state index contributed by atoms with van der Waals surface area (Å²) in [6.07, 6.45) is 17.9. The van der Waals surface area contributed by atoms with E-state index in [2.05, 4.69) is 54.3 Å². The lowest BCUT2D eigenvalue weighted by molar-refractivity contribution is -0.155. The molecule has 0 radical (unpaired) electrons. The molecule has 2 aliphatic carbocycles. The molecule has 8 fully saturated rings. The molecule has 6 aromatic carbocycles. The minimum absolute atomic E-state index is 0.0310. The first kappa shape index (κ1) is 99.0. The van der Waals surface area contributed by atoms with Crippen molar-refractivity contribution >= 4 is 87.0 Å². The molecule has 142 heavy (non-hydrogen) atoms. The standard InChI is InChI=1S/C50H50F2N8O7.C28H31ClN2O8.C27H28F2N6O/c1-49(65,13-5-21-67-42-9-3-7-35-43(42)47(63)60(46(35)62)41-26-50(14-15-50)48(64)56-45(41)61)12-4-16-57-17-10-33(11-18-57)59-29-32(27-54-59)40-28-53-39-8-2-6-34(44(39)55-40)31-24-37(51)36(38(52)25-31)30-58-19-22-66-23-20-58;1-26(2,3)39-25(36)31-22(33)18(16-28(12-13-28)24(31)35)30-21(32)17-8-5-9-19(20(17)23(30)34)38-15-7-11-27(4,37)10-6-14-29;28-23-12-18(13-24(29)22(23)17-34-8-10-36-11-9-34)21-2-1-3-25-27(21)33-26(15-31-25)19-14-32-35(16-19)20-4-6-30-7-5-20/h2-3,6-9,24-25,27-29,33,41,65H,4,10-12,14-23,26,30H2,1H3,(H,56,61,64);5,8-9,18,37H,6,10,12-16H2,1-4H3;1-3,12-16,20,30H,4-11,17H2. The van der Waals surface area contributed by atoms with Gasteiger partial charge in [0, 0.05) is 104 Å². The summed E-state index contributed by atoms with van der Waals surface area (Å²) in [6.45, 7) is 17.4. The van der Waals surface area contributed by atoms with E-state index in [4.69, 9.17) is 50.4 Å². The molecule has 10 aromatic rings. The summed E-state index contributed by atoms with van der Waals surface area (Å²) < 4.78 is 92.6. The first-order chi connectivity index (χ1) is 68.2. The number of hydrogen-bond donors (Lipinski definition) is 4. The van der Waals surface area contributed by atoms with Gasteiger partial charge in [0.25, 0.3) is 29.5 Å². The molecule has 0 bridgehead atoms. The molecule has 37 heteroatoms. The zero-order valence-corrected chi connectivity index (χ0v) is 80.2. The molecular weight excluding hydrogens is 1850 g/mol. The van der Waals surface area contributed by atoms with E-state index in [0.29, 0.717) is 177 Å². The molecule has 4 aromatic heterocycles. The number of para-hydroxylation sites is 2. The van der Waals surface area contributed by atoms with Crippen LogP contribution < -0.4 is 20.1 Å². The van der Waals surface area contributed by atoms with Gasteiger partial charge < -0.3 is 44.1 Å². The van der Waals surface area contributed by atoms with Gasteiger partial charge in [0.1, 0.15) is 76.9 Å². The average Bonchev–Trinajstić information content (AvgIpc) is 1.56. The zero-order chi connectivity index (χ0) is 99.7. The van der Waals surface area contributed by atoms with Crippen LogP contribution in [0.1, 0.15) is 189 Å². The number of alkyl halides is 1. The molecule has 8 aliphatic heterocycles. The van der Waals surface area contributed by atoms with Crippen molar-refractivity contribution in [2.45, 2.75) is 179 Å². The third-order valence-corrected chi connectivity index (χ3v) is 28.0. The van der Waals surface area contributed by atoms with Gasteiger partial charge >= 0.3 is 6.09 Å². The lowest BCUT2D eigenvalue weighted by Gasteiger charge is -2.38. The van der Waals surface area contributed by atoms with E-state index in [1.807, 2.05) is 55.8 Å². The first-order valence-corrected chi connectivity index (χ1v) is 48.6. The van der Waals surface area contributed by atoms with Crippen molar-refractivity contribution < 1.29 is 94.6 Å². The maximum Gasteiger partial charge on any atom is 0.424 e. The molecule has 740 valence electrons. The van der Waals surface area contributed by atoms with Crippen molar-refractivity contribution in [3.8, 4) is 79.9 Å². The van der Waals surface area contributed by atoms with Gasteiger partial charge in [-0.05, 0) is 216 Å². The van der Waals surface area contributed by atoms with Crippen molar-refractivity contribution in [1.29, 1.82) is 0 Å². The summed E-state index contributed by atoms with van der Waals surface area (Å²) in [5.74, 6) is 4.11. The maximum absolute atomic E-state index is 15.4. The molecule has 2 spiro atoms. The Kier molecular flexibility index (Phi) is 28.9. The number of amides is 9. The largest absolute Gasteiger partial charge is 0.480 e. The molecule has 9 amide bonds. The van der Waals surface area contributed by atoms with Crippen molar-refractivity contribution in [3.05, 3.63) is 191 Å². The van der Waals surface area contributed by atoms with Crippen LogP contribution >= 0.6 is 11.6 Å². The van der Waals surface area contributed by atoms with Crippen molar-refractivity contribution in [2.75, 3.05) is 104 Å². The SMILES string of the molecule is CC(O)(C#CCOc1cccc2c1C(=O)N(C1CC3(CC3)C(=O)N(C(=O)OC(C)(C)C)C1=O)C2=O)CCCCl.CC(O)(C#CCOc1cccc2c1C(=O)N(C1CC3(CC3)C(=O)NC1=O)C2=O)CCCN1CCC(n2cc(-c3cnc4cccc(-c5cc(F)c(CN6CCOCC6)c(F)c5)c4n3)cn2)CC1.Fc1cc(-c2cccc3ncc(-c4cnn(C5CCNCC5)c4)nc23)cc(F)c1CN1CCOCC1. The molecule has 6 saturated heterocycles. The smallest absolute Gasteiger partial charge is 0.424 e. The van der Waals surface area contributed by atoms with Crippen LogP contribution in [0.3, 0.4) is 0 Å². The summed E-state index contributed by atoms with van der Waals surface area (Å²) >= 11 is 5.67. The Labute approximate surface area is 821 Å². The normalized spacial score (nSPS) is 20.1. The Morgan fingerprint density at radius 1 is 0.535 bits per heavy atom. The fourth-order valence-corrected chi connectivity index (χ4v) is 19.7. The summed E-state index contributed by atoms with van der Waals surface area (Å²) in [6, 6.07) is 23.8. The minimum Gasteiger partial charge on any atom is -0.480 e. The van der Waals surface area contributed by atoms with Crippen LogP contribution in [0.15, 0.2) is 134 Å². The van der Waals surface area contributed by atoms with Crippen LogP contribution in [-0.4, -0.2) is 266 Å². The van der Waals surface area contributed by atoms with Crippen LogP contribution in [0.2, 0.25) is 0 Å². The maximum atomic E-state index is 15.4. The third-order valence-electron chi connectivity index (χ3n) is 27.8. The van der Waals surface area contributed by atoms with Crippen molar-refractivity contribution in [1.82, 2.24) is 79.5 Å². The molecule has 32 nitrogen and oxygen atoms in total. The number of likely N-dealkylation sites (tertiary alicyclic amines) is 2.